The van der Waals surface area contributed by atoms with Crippen molar-refractivity contribution >= 4 is 23.1 Å². The van der Waals surface area contributed by atoms with Crippen molar-refractivity contribution < 1.29 is 13.9 Å². The van der Waals surface area contributed by atoms with Crippen molar-refractivity contribution in [2.75, 3.05) is 6.61 Å². The van der Waals surface area contributed by atoms with Crippen molar-refractivity contribution in [2.24, 2.45) is 0 Å². The molecule has 1 aromatic carbocycles. The molecule has 0 spiro atoms. The van der Waals surface area contributed by atoms with Gasteiger partial charge in [0.25, 0.3) is 0 Å². The molecule has 1 N–H and O–H groups in total. The molecule has 26 heavy (non-hydrogen) atoms. The van der Waals surface area contributed by atoms with Gasteiger partial charge in [-0.2, -0.15) is 0 Å². The molecule has 0 saturated heterocycles. The quantitative estimate of drug-likeness (QED) is 0.480. The zero-order chi connectivity index (χ0) is 19.1. The number of benzene rings is 1. The van der Waals surface area contributed by atoms with Crippen LogP contribution >= 0.6 is 12.2 Å². The van der Waals surface area contributed by atoms with E-state index in [0.29, 0.717) is 25.0 Å². The molecule has 4 nitrogen and oxygen atoms in total. The Bertz CT molecular complexity index is 758. The summed E-state index contributed by atoms with van der Waals surface area (Å²) in [4.78, 5) is 12.6. The molecule has 0 radical (unpaired) electrons. The first kappa shape index (κ1) is 19.8. The molecule has 1 atom stereocenters. The number of hydrogen-bond donors (Lipinski definition) is 1. The molecule has 1 heterocycles. The van der Waals surface area contributed by atoms with Crippen molar-refractivity contribution in [3.63, 3.8) is 0 Å². The van der Waals surface area contributed by atoms with Crippen molar-refractivity contribution in [1.29, 1.82) is 0 Å². The summed E-state index contributed by atoms with van der Waals surface area (Å²) < 4.78 is 19.2. The van der Waals surface area contributed by atoms with Crippen LogP contribution < -0.4 is 5.43 Å². The van der Waals surface area contributed by atoms with Crippen LogP contribution in [0.4, 0.5) is 4.39 Å². The smallest absolute Gasteiger partial charge is 0.238 e. The Morgan fingerprint density at radius 2 is 2.31 bits per heavy atom. The lowest BCUT2D eigenvalue weighted by atomic mass is 9.96. The first-order valence-corrected chi connectivity index (χ1v) is 8.84. The van der Waals surface area contributed by atoms with Crippen molar-refractivity contribution in [2.45, 2.75) is 32.7 Å². The third kappa shape index (κ3) is 4.79. The predicted molar refractivity (Wildman–Crippen MR) is 105 cm³/mol. The average molecular weight is 374 g/mol. The van der Waals surface area contributed by atoms with E-state index in [2.05, 4.69) is 12.0 Å². The Morgan fingerprint density at radius 3 is 2.92 bits per heavy atom. The summed E-state index contributed by atoms with van der Waals surface area (Å²) in [5.74, 6) is 0.181. The number of hydrogen-bond acceptors (Lipinski definition) is 3. The number of amides is 1. The molecular formula is C20H23FN2O2S. The molecule has 1 aromatic rings. The lowest BCUT2D eigenvalue weighted by molar-refractivity contribution is -0.133. The van der Waals surface area contributed by atoms with Gasteiger partial charge in [0, 0.05) is 24.5 Å². The van der Waals surface area contributed by atoms with Crippen LogP contribution in [0.15, 0.2) is 60.4 Å². The Labute approximate surface area is 159 Å². The maximum atomic E-state index is 13.5. The van der Waals surface area contributed by atoms with Crippen LogP contribution in [-0.2, 0) is 9.53 Å². The van der Waals surface area contributed by atoms with Gasteiger partial charge in [-0.05, 0) is 31.6 Å². The van der Waals surface area contributed by atoms with E-state index >= 15 is 0 Å². The van der Waals surface area contributed by atoms with E-state index in [0.717, 1.165) is 11.3 Å². The van der Waals surface area contributed by atoms with Crippen molar-refractivity contribution in [1.82, 2.24) is 10.4 Å². The number of halogens is 1. The van der Waals surface area contributed by atoms with Crippen LogP contribution in [-0.4, -0.2) is 28.6 Å². The van der Waals surface area contributed by atoms with Gasteiger partial charge in [-0.3, -0.25) is 10.2 Å². The number of rotatable bonds is 5. The fourth-order valence-electron chi connectivity index (χ4n) is 2.88. The monoisotopic (exact) mass is 374 g/mol. The summed E-state index contributed by atoms with van der Waals surface area (Å²) in [5, 5.41) is 1.50. The lowest BCUT2D eigenvalue weighted by Crippen LogP contribution is -2.53. The standard InChI is InChI=1S/C20H23FN2O2S/c1-4-7-17-18(11-12-25-19(17)8-5-2)23(14(3)24)22-20(26)15-9-6-10-16(21)13-15/h4-6,8-10,13,18H,1,7,11-12H2,2-3H3,(H,22,26)/b8-5-. The van der Waals surface area contributed by atoms with Gasteiger partial charge in [0.1, 0.15) is 16.6 Å². The Balaban J connectivity index is 2.33. The minimum atomic E-state index is -0.380. The third-order valence-electron chi connectivity index (χ3n) is 4.01. The van der Waals surface area contributed by atoms with E-state index < -0.39 is 0 Å². The summed E-state index contributed by atoms with van der Waals surface area (Å²) in [6.45, 7) is 7.67. The second-order valence-electron chi connectivity index (χ2n) is 5.88. The molecule has 2 rings (SSSR count). The summed E-state index contributed by atoms with van der Waals surface area (Å²) >= 11 is 5.38. The maximum absolute atomic E-state index is 13.5. The van der Waals surface area contributed by atoms with Crippen LogP contribution in [0.2, 0.25) is 0 Å². The molecule has 0 fully saturated rings. The fourth-order valence-corrected chi connectivity index (χ4v) is 3.10. The SMILES string of the molecule is C=CCC1=C(/C=C\C)OCCC1N(NC(=S)c1cccc(F)c1)C(C)=O. The number of nitrogens with one attached hydrogen (secondary N) is 1. The number of carbonyl (C=O) groups is 1. The largest absolute Gasteiger partial charge is 0.493 e. The number of allylic oxidation sites excluding steroid dienone is 3. The molecular weight excluding hydrogens is 351 g/mol. The van der Waals surface area contributed by atoms with Crippen LogP contribution in [0, 0.1) is 5.82 Å². The first-order valence-electron chi connectivity index (χ1n) is 8.43. The predicted octanol–water partition coefficient (Wildman–Crippen LogP) is 4.05. The number of nitrogens with zero attached hydrogens (tertiary/aromatic N) is 1. The van der Waals surface area contributed by atoms with E-state index in [1.54, 1.807) is 18.2 Å². The number of ether oxygens (including phenoxy) is 1. The van der Waals surface area contributed by atoms with Gasteiger partial charge in [0.05, 0.1) is 12.6 Å². The highest BCUT2D eigenvalue weighted by molar-refractivity contribution is 7.80. The molecule has 1 aliphatic heterocycles. The molecule has 0 aromatic heterocycles. The highest BCUT2D eigenvalue weighted by Crippen LogP contribution is 2.27. The fraction of sp³-hybridized carbons (Fsp3) is 0.300. The van der Waals surface area contributed by atoms with Gasteiger partial charge in [-0.15, -0.1) is 6.58 Å². The van der Waals surface area contributed by atoms with E-state index in [4.69, 9.17) is 17.0 Å². The number of thiocarbonyl (C=S) groups is 1. The molecule has 0 saturated carbocycles. The van der Waals surface area contributed by atoms with Gasteiger partial charge in [0.2, 0.25) is 5.91 Å². The van der Waals surface area contributed by atoms with Crippen LogP contribution in [0.25, 0.3) is 0 Å². The Morgan fingerprint density at radius 1 is 1.54 bits per heavy atom. The molecule has 6 heteroatoms. The van der Waals surface area contributed by atoms with Crippen molar-refractivity contribution in [3.05, 3.63) is 71.8 Å². The first-order chi connectivity index (χ1) is 12.5. The summed E-state index contributed by atoms with van der Waals surface area (Å²) in [5.41, 5.74) is 4.45. The topological polar surface area (TPSA) is 41.6 Å². The molecule has 0 aliphatic carbocycles. The third-order valence-corrected chi connectivity index (χ3v) is 4.34. The number of hydrazine groups is 1. The summed E-state index contributed by atoms with van der Waals surface area (Å²) in [6.07, 6.45) is 6.77. The minimum absolute atomic E-state index is 0.183. The van der Waals surface area contributed by atoms with Gasteiger partial charge < -0.3 is 4.74 Å². The van der Waals surface area contributed by atoms with Gasteiger partial charge in [0.15, 0.2) is 0 Å². The van der Waals surface area contributed by atoms with Gasteiger partial charge in [-0.1, -0.05) is 36.5 Å². The minimum Gasteiger partial charge on any atom is -0.493 e. The van der Waals surface area contributed by atoms with E-state index in [9.17, 15) is 9.18 Å². The zero-order valence-corrected chi connectivity index (χ0v) is 15.8. The van der Waals surface area contributed by atoms with E-state index in [1.807, 2.05) is 19.1 Å². The van der Waals surface area contributed by atoms with Crippen LogP contribution in [0.3, 0.4) is 0 Å². The van der Waals surface area contributed by atoms with E-state index in [-0.39, 0.29) is 22.8 Å². The highest BCUT2D eigenvalue weighted by Gasteiger charge is 2.30. The Kier molecular flexibility index (Phi) is 7.09. The van der Waals surface area contributed by atoms with Gasteiger partial charge >= 0.3 is 0 Å². The van der Waals surface area contributed by atoms with E-state index in [1.165, 1.54) is 24.1 Å². The Hall–Kier alpha value is -2.47. The molecule has 138 valence electrons. The highest BCUT2D eigenvalue weighted by atomic mass is 32.1. The summed E-state index contributed by atoms with van der Waals surface area (Å²) in [7, 11) is 0. The van der Waals surface area contributed by atoms with Crippen LogP contribution in [0.1, 0.15) is 32.3 Å². The second kappa shape index (κ2) is 9.29. The van der Waals surface area contributed by atoms with Crippen LogP contribution in [0.5, 0.6) is 0 Å². The second-order valence-corrected chi connectivity index (χ2v) is 6.28. The van der Waals surface area contributed by atoms with Crippen molar-refractivity contribution in [3.8, 4) is 0 Å². The number of carbonyl (C=O) groups excluding carboxylic acids is 1. The average Bonchev–Trinajstić information content (AvgIpc) is 2.61. The molecule has 1 aliphatic rings. The summed E-state index contributed by atoms with van der Waals surface area (Å²) in [6, 6.07) is 5.74. The van der Waals surface area contributed by atoms with Gasteiger partial charge in [-0.25, -0.2) is 9.40 Å². The molecule has 1 unspecified atom stereocenters. The molecule has 1 amide bonds. The lowest BCUT2D eigenvalue weighted by Gasteiger charge is -2.36. The zero-order valence-electron chi connectivity index (χ0n) is 15.0. The molecule has 0 bridgehead atoms. The maximum Gasteiger partial charge on any atom is 0.238 e. The normalized spacial score (nSPS) is 17.0.